The standard InChI is InChI=1S/C15H22BrNO3/c1-17(9-12(18)10-4-5-10)8-11-6-7-13(19-2)15(20-3)14(11)16/h6-7,10,12,18H,4-5,8-9H2,1-3H3. The molecule has 20 heavy (non-hydrogen) atoms. The molecule has 1 unspecified atom stereocenters. The number of benzene rings is 1. The van der Waals surface area contributed by atoms with Crippen molar-refractivity contribution in [3.8, 4) is 11.5 Å². The highest BCUT2D eigenvalue weighted by atomic mass is 79.9. The Hall–Kier alpha value is -0.780. The van der Waals surface area contributed by atoms with Crippen LogP contribution in [0.25, 0.3) is 0 Å². The molecule has 0 spiro atoms. The molecular weight excluding hydrogens is 322 g/mol. The second-order valence-corrected chi connectivity index (χ2v) is 6.17. The first-order valence-corrected chi connectivity index (χ1v) is 7.62. The highest BCUT2D eigenvalue weighted by Gasteiger charge is 2.30. The summed E-state index contributed by atoms with van der Waals surface area (Å²) < 4.78 is 11.6. The molecule has 112 valence electrons. The third-order valence-electron chi connectivity index (χ3n) is 3.67. The van der Waals surface area contributed by atoms with Crippen LogP contribution in [0.2, 0.25) is 0 Å². The molecule has 2 rings (SSSR count). The Morgan fingerprint density at radius 3 is 2.60 bits per heavy atom. The van der Waals surface area contributed by atoms with Crippen molar-refractivity contribution in [2.45, 2.75) is 25.5 Å². The van der Waals surface area contributed by atoms with Gasteiger partial charge in [-0.1, -0.05) is 6.07 Å². The third-order valence-corrected chi connectivity index (χ3v) is 4.54. The summed E-state index contributed by atoms with van der Waals surface area (Å²) in [6.45, 7) is 1.45. The van der Waals surface area contributed by atoms with Gasteiger partial charge in [-0.3, -0.25) is 4.90 Å². The number of likely N-dealkylation sites (N-methyl/N-ethyl adjacent to an activating group) is 1. The van der Waals surface area contributed by atoms with E-state index < -0.39 is 0 Å². The lowest BCUT2D eigenvalue weighted by atomic mass is 10.1. The molecular formula is C15H22BrNO3. The van der Waals surface area contributed by atoms with E-state index >= 15 is 0 Å². The number of nitrogens with zero attached hydrogens (tertiary/aromatic N) is 1. The van der Waals surface area contributed by atoms with Gasteiger partial charge in [-0.05, 0) is 53.4 Å². The highest BCUT2D eigenvalue weighted by molar-refractivity contribution is 9.10. The second kappa shape index (κ2) is 6.78. The van der Waals surface area contributed by atoms with E-state index in [2.05, 4.69) is 20.8 Å². The molecule has 0 aromatic heterocycles. The molecule has 4 nitrogen and oxygen atoms in total. The predicted octanol–water partition coefficient (Wildman–Crippen LogP) is 2.67. The van der Waals surface area contributed by atoms with Crippen LogP contribution in [-0.4, -0.2) is 43.9 Å². The number of rotatable bonds is 7. The highest BCUT2D eigenvalue weighted by Crippen LogP contribution is 2.38. The molecule has 1 aliphatic carbocycles. The maximum absolute atomic E-state index is 9.99. The van der Waals surface area contributed by atoms with Crippen molar-refractivity contribution in [1.29, 1.82) is 0 Å². The van der Waals surface area contributed by atoms with Gasteiger partial charge in [-0.15, -0.1) is 0 Å². The van der Waals surface area contributed by atoms with Crippen LogP contribution in [0.4, 0.5) is 0 Å². The van der Waals surface area contributed by atoms with E-state index in [0.717, 1.165) is 29.4 Å². The van der Waals surface area contributed by atoms with Crippen molar-refractivity contribution >= 4 is 15.9 Å². The van der Waals surface area contributed by atoms with E-state index in [1.165, 1.54) is 0 Å². The Kier molecular flexibility index (Phi) is 5.29. The van der Waals surface area contributed by atoms with Crippen molar-refractivity contribution in [3.63, 3.8) is 0 Å². The van der Waals surface area contributed by atoms with Crippen LogP contribution in [0.3, 0.4) is 0 Å². The molecule has 1 atom stereocenters. The van der Waals surface area contributed by atoms with Crippen LogP contribution in [-0.2, 0) is 6.54 Å². The van der Waals surface area contributed by atoms with Gasteiger partial charge in [0.15, 0.2) is 11.5 Å². The largest absolute Gasteiger partial charge is 0.493 e. The summed E-state index contributed by atoms with van der Waals surface area (Å²) >= 11 is 3.57. The minimum absolute atomic E-state index is 0.209. The Balaban J connectivity index is 2.04. The minimum atomic E-state index is -0.209. The Bertz CT molecular complexity index is 463. The summed E-state index contributed by atoms with van der Waals surface area (Å²) in [5, 5.41) is 9.99. The molecule has 5 heteroatoms. The normalized spacial score (nSPS) is 16.3. The number of ether oxygens (including phenoxy) is 2. The maximum atomic E-state index is 9.99. The van der Waals surface area contributed by atoms with Crippen molar-refractivity contribution in [1.82, 2.24) is 4.90 Å². The second-order valence-electron chi connectivity index (χ2n) is 5.38. The Morgan fingerprint density at radius 1 is 1.35 bits per heavy atom. The molecule has 1 saturated carbocycles. The summed E-state index contributed by atoms with van der Waals surface area (Å²) in [6.07, 6.45) is 2.11. The van der Waals surface area contributed by atoms with Crippen LogP contribution in [0.5, 0.6) is 11.5 Å². The summed E-state index contributed by atoms with van der Waals surface area (Å²) in [4.78, 5) is 2.13. The zero-order chi connectivity index (χ0) is 14.7. The number of hydrogen-bond acceptors (Lipinski definition) is 4. The van der Waals surface area contributed by atoms with E-state index in [9.17, 15) is 5.11 Å². The van der Waals surface area contributed by atoms with Gasteiger partial charge < -0.3 is 14.6 Å². The zero-order valence-corrected chi connectivity index (χ0v) is 13.8. The van der Waals surface area contributed by atoms with Gasteiger partial charge in [-0.25, -0.2) is 0 Å². The number of hydrogen-bond donors (Lipinski definition) is 1. The lowest BCUT2D eigenvalue weighted by molar-refractivity contribution is 0.104. The van der Waals surface area contributed by atoms with E-state index in [4.69, 9.17) is 9.47 Å². The smallest absolute Gasteiger partial charge is 0.175 e. The first-order chi connectivity index (χ1) is 9.56. The Labute approximate surface area is 128 Å². The quantitative estimate of drug-likeness (QED) is 0.826. The van der Waals surface area contributed by atoms with Gasteiger partial charge in [0.1, 0.15) is 0 Å². The summed E-state index contributed by atoms with van der Waals surface area (Å²) in [7, 11) is 5.28. The maximum Gasteiger partial charge on any atom is 0.175 e. The third kappa shape index (κ3) is 3.65. The minimum Gasteiger partial charge on any atom is -0.493 e. The van der Waals surface area contributed by atoms with Crippen LogP contribution >= 0.6 is 15.9 Å². The lowest BCUT2D eigenvalue weighted by Crippen LogP contribution is -2.30. The molecule has 1 N–H and O–H groups in total. The predicted molar refractivity (Wildman–Crippen MR) is 82.3 cm³/mol. The van der Waals surface area contributed by atoms with E-state index in [0.29, 0.717) is 24.0 Å². The molecule has 0 radical (unpaired) electrons. The fraction of sp³-hybridized carbons (Fsp3) is 0.600. The molecule has 0 aliphatic heterocycles. The average Bonchev–Trinajstić information content (AvgIpc) is 3.25. The average molecular weight is 344 g/mol. The molecule has 0 bridgehead atoms. The monoisotopic (exact) mass is 343 g/mol. The molecule has 0 saturated heterocycles. The van der Waals surface area contributed by atoms with Crippen LogP contribution in [0.1, 0.15) is 18.4 Å². The van der Waals surface area contributed by atoms with Crippen molar-refractivity contribution in [3.05, 3.63) is 22.2 Å². The van der Waals surface area contributed by atoms with Gasteiger partial charge in [0.05, 0.1) is 24.8 Å². The molecule has 1 aromatic rings. The topological polar surface area (TPSA) is 41.9 Å². The van der Waals surface area contributed by atoms with Crippen molar-refractivity contribution < 1.29 is 14.6 Å². The fourth-order valence-corrected chi connectivity index (χ4v) is 2.97. The Morgan fingerprint density at radius 2 is 2.05 bits per heavy atom. The van der Waals surface area contributed by atoms with E-state index in [-0.39, 0.29) is 6.10 Å². The van der Waals surface area contributed by atoms with Crippen molar-refractivity contribution in [2.75, 3.05) is 27.8 Å². The number of aliphatic hydroxyl groups is 1. The van der Waals surface area contributed by atoms with Crippen molar-refractivity contribution in [2.24, 2.45) is 5.92 Å². The molecule has 1 aliphatic rings. The summed E-state index contributed by atoms with van der Waals surface area (Å²) in [5.74, 6) is 1.93. The SMILES string of the molecule is COc1ccc(CN(C)CC(O)C2CC2)c(Br)c1OC. The number of halogens is 1. The van der Waals surface area contributed by atoms with Crippen LogP contribution in [0, 0.1) is 5.92 Å². The fourth-order valence-electron chi connectivity index (χ4n) is 2.36. The summed E-state index contributed by atoms with van der Waals surface area (Å²) in [6, 6.07) is 3.93. The van der Waals surface area contributed by atoms with E-state index in [1.54, 1.807) is 14.2 Å². The molecule has 1 aromatic carbocycles. The van der Waals surface area contributed by atoms with Crippen LogP contribution in [0.15, 0.2) is 16.6 Å². The van der Waals surface area contributed by atoms with E-state index in [1.807, 2.05) is 19.2 Å². The first-order valence-electron chi connectivity index (χ1n) is 6.82. The lowest BCUT2D eigenvalue weighted by Gasteiger charge is -2.22. The zero-order valence-electron chi connectivity index (χ0n) is 12.2. The molecule has 0 heterocycles. The number of aliphatic hydroxyl groups excluding tert-OH is 1. The van der Waals surface area contributed by atoms with Gasteiger partial charge >= 0.3 is 0 Å². The van der Waals surface area contributed by atoms with Crippen LogP contribution < -0.4 is 9.47 Å². The molecule has 1 fully saturated rings. The summed E-state index contributed by atoms with van der Waals surface area (Å²) in [5.41, 5.74) is 1.12. The van der Waals surface area contributed by atoms with Gasteiger partial charge in [0.2, 0.25) is 0 Å². The van der Waals surface area contributed by atoms with Gasteiger partial charge in [0, 0.05) is 13.1 Å². The van der Waals surface area contributed by atoms with Gasteiger partial charge in [0.25, 0.3) is 0 Å². The van der Waals surface area contributed by atoms with Gasteiger partial charge in [-0.2, -0.15) is 0 Å². The number of methoxy groups -OCH3 is 2. The first kappa shape index (κ1) is 15.6. The molecule has 0 amide bonds.